The molecule has 0 spiro atoms. The Bertz CT molecular complexity index is 291. The summed E-state index contributed by atoms with van der Waals surface area (Å²) in [6.07, 6.45) is 0. The van der Waals surface area contributed by atoms with Crippen molar-refractivity contribution in [3.05, 3.63) is 0 Å². The minimum atomic E-state index is 0. The number of hydrogen-bond acceptors (Lipinski definition) is 6. The lowest BCUT2D eigenvalue weighted by atomic mass is 10.2. The molecule has 0 radical (unpaired) electrons. The number of hydrogen-bond donors (Lipinski definition) is 0. The largest absolute Gasteiger partial charge is 0.357 e. The first-order valence-corrected chi connectivity index (χ1v) is 8.36. The van der Waals surface area contributed by atoms with Crippen molar-refractivity contribution in [3.8, 4) is 0 Å². The van der Waals surface area contributed by atoms with Crippen molar-refractivity contribution in [2.45, 2.75) is 25.4 Å². The van der Waals surface area contributed by atoms with Gasteiger partial charge in [-0.3, -0.25) is 9.80 Å². The predicted octanol–water partition coefficient (Wildman–Crippen LogP) is 2.19. The topological polar surface area (TPSA) is 22.1 Å². The van der Waals surface area contributed by atoms with Gasteiger partial charge in [-0.15, -0.1) is 17.0 Å². The zero-order chi connectivity index (χ0) is 12.4. The van der Waals surface area contributed by atoms with E-state index in [0.717, 1.165) is 18.3 Å². The molecule has 2 aliphatic rings. The number of amidine groups is 1. The molecule has 0 N–H and O–H groups in total. The van der Waals surface area contributed by atoms with Crippen LogP contribution in [0.2, 0.25) is 0 Å². The van der Waals surface area contributed by atoms with E-state index in [4.69, 9.17) is 4.99 Å². The Morgan fingerprint density at radius 2 is 1.83 bits per heavy atom. The molecule has 2 aliphatic heterocycles. The molecule has 0 saturated carbocycles. The second kappa shape index (κ2) is 7.38. The van der Waals surface area contributed by atoms with Crippen LogP contribution in [0.15, 0.2) is 4.99 Å². The molecule has 0 amide bonds. The van der Waals surface area contributed by atoms with Crippen LogP contribution in [-0.4, -0.2) is 71.7 Å². The van der Waals surface area contributed by atoms with Crippen LogP contribution in [0.25, 0.3) is 0 Å². The molecule has 0 aromatic carbocycles. The van der Waals surface area contributed by atoms with E-state index in [9.17, 15) is 0 Å². The van der Waals surface area contributed by atoms with Gasteiger partial charge in [0, 0.05) is 46.3 Å². The molecule has 1 atom stereocenters. The van der Waals surface area contributed by atoms with Gasteiger partial charge in [0.15, 0.2) is 10.7 Å². The zero-order valence-electron chi connectivity index (χ0n) is 11.5. The second-order valence-electron chi connectivity index (χ2n) is 4.98. The van der Waals surface area contributed by atoms with Gasteiger partial charge in [-0.05, 0) is 35.4 Å². The lowest BCUT2D eigenvalue weighted by molar-refractivity contribution is 0.103. The molecule has 1 saturated heterocycles. The highest BCUT2D eigenvalue weighted by atomic mass is 79.9. The molecule has 7 heteroatoms. The van der Waals surface area contributed by atoms with Gasteiger partial charge in [-0.25, -0.2) is 4.99 Å². The second-order valence-corrected chi connectivity index (χ2v) is 7.20. The van der Waals surface area contributed by atoms with Crippen LogP contribution >= 0.6 is 38.6 Å². The van der Waals surface area contributed by atoms with E-state index < -0.39 is 0 Å². The number of piperazine rings is 1. The number of halogens is 1. The first-order valence-electron chi connectivity index (χ1n) is 6.14. The van der Waals surface area contributed by atoms with Gasteiger partial charge in [0.2, 0.25) is 0 Å². The number of aliphatic imine (C=N–C) groups is 1. The van der Waals surface area contributed by atoms with E-state index in [-0.39, 0.29) is 17.0 Å². The number of nitrogens with zero attached hydrogens (tertiary/aromatic N) is 4. The van der Waals surface area contributed by atoms with Crippen LogP contribution in [0.4, 0.5) is 0 Å². The van der Waals surface area contributed by atoms with E-state index >= 15 is 0 Å². The maximum absolute atomic E-state index is 4.76. The molecule has 0 aliphatic carbocycles. The average Bonchev–Trinajstić information content (AvgIpc) is 2.78. The van der Waals surface area contributed by atoms with Crippen LogP contribution in [0.3, 0.4) is 0 Å². The Kier molecular flexibility index (Phi) is 6.81. The maximum Gasteiger partial charge on any atom is 0.172 e. The van der Waals surface area contributed by atoms with Crippen LogP contribution < -0.4 is 0 Å². The minimum absolute atomic E-state index is 0. The van der Waals surface area contributed by atoms with E-state index in [1.54, 1.807) is 10.8 Å². The van der Waals surface area contributed by atoms with E-state index in [2.05, 4.69) is 42.6 Å². The Morgan fingerprint density at radius 3 is 2.28 bits per heavy atom. The van der Waals surface area contributed by atoms with Crippen LogP contribution in [0.1, 0.15) is 13.8 Å². The van der Waals surface area contributed by atoms with Gasteiger partial charge in [-0.2, -0.15) is 0 Å². The highest BCUT2D eigenvalue weighted by molar-refractivity contribution is 8.93. The van der Waals surface area contributed by atoms with Crippen LogP contribution in [0, 0.1) is 0 Å². The maximum atomic E-state index is 4.76. The molecule has 0 aromatic rings. The van der Waals surface area contributed by atoms with Gasteiger partial charge in [0.25, 0.3) is 0 Å². The first-order chi connectivity index (χ1) is 8.08. The fraction of sp³-hybridized carbons (Fsp3) is 0.909. The van der Waals surface area contributed by atoms with Crippen LogP contribution in [0.5, 0.6) is 0 Å². The number of rotatable bonds is 2. The lowest BCUT2D eigenvalue weighted by Gasteiger charge is -2.38. The smallest absolute Gasteiger partial charge is 0.172 e. The van der Waals surface area contributed by atoms with Gasteiger partial charge < -0.3 is 4.90 Å². The summed E-state index contributed by atoms with van der Waals surface area (Å²) in [7, 11) is 7.79. The predicted molar refractivity (Wildman–Crippen MR) is 88.7 cm³/mol. The molecule has 1 fully saturated rings. The quantitative estimate of drug-likeness (QED) is 0.706. The van der Waals surface area contributed by atoms with E-state index in [1.807, 2.05) is 10.8 Å². The van der Waals surface area contributed by atoms with Crippen molar-refractivity contribution in [1.29, 1.82) is 0 Å². The molecule has 18 heavy (non-hydrogen) atoms. The van der Waals surface area contributed by atoms with E-state index in [1.165, 1.54) is 13.1 Å². The van der Waals surface area contributed by atoms with Crippen molar-refractivity contribution < 1.29 is 0 Å². The summed E-state index contributed by atoms with van der Waals surface area (Å²) in [6.45, 7) is 9.18. The van der Waals surface area contributed by atoms with E-state index in [0.29, 0.717) is 11.5 Å². The van der Waals surface area contributed by atoms with Gasteiger partial charge >= 0.3 is 0 Å². The molecule has 0 bridgehead atoms. The highest BCUT2D eigenvalue weighted by Crippen LogP contribution is 2.38. The third kappa shape index (κ3) is 4.03. The monoisotopic (exact) mass is 354 g/mol. The molecule has 106 valence electrons. The zero-order valence-corrected chi connectivity index (χ0v) is 14.8. The molecule has 2 rings (SSSR count). The summed E-state index contributed by atoms with van der Waals surface area (Å²) < 4.78 is 0. The summed E-state index contributed by atoms with van der Waals surface area (Å²) in [5, 5.41) is 1.14. The summed E-state index contributed by atoms with van der Waals surface area (Å²) in [5.74, 6) is 0. The van der Waals surface area contributed by atoms with Crippen molar-refractivity contribution in [1.82, 2.24) is 14.7 Å². The van der Waals surface area contributed by atoms with Gasteiger partial charge in [-0.1, -0.05) is 0 Å². The first kappa shape index (κ1) is 16.6. The van der Waals surface area contributed by atoms with Gasteiger partial charge in [0.1, 0.15) is 0 Å². The lowest BCUT2D eigenvalue weighted by Crippen LogP contribution is -2.50. The Morgan fingerprint density at radius 1 is 1.22 bits per heavy atom. The third-order valence-corrected chi connectivity index (χ3v) is 5.75. The Labute approximate surface area is 129 Å². The standard InChI is InChI=1S/C11H22N4S2.BrH/c1-9(2)14-5-7-15(8-6-14)11-12-10(13(3)4)16-17-11;/h9,11H,5-8H2,1-4H3;1H. The third-order valence-electron chi connectivity index (χ3n) is 3.20. The normalized spacial score (nSPS) is 26.1. The highest BCUT2D eigenvalue weighted by Gasteiger charge is 2.29. The Balaban J connectivity index is 0.00000162. The molecule has 4 nitrogen and oxygen atoms in total. The van der Waals surface area contributed by atoms with Crippen LogP contribution in [-0.2, 0) is 0 Å². The molecule has 1 unspecified atom stereocenters. The van der Waals surface area contributed by atoms with Crippen molar-refractivity contribution >= 4 is 43.7 Å². The SMILES string of the molecule is Br.CC(C)N1CCN(C2N=C(N(C)C)SS2)CC1. The fourth-order valence-corrected chi connectivity index (χ4v) is 4.62. The molecule has 0 aromatic heterocycles. The van der Waals surface area contributed by atoms with Crippen molar-refractivity contribution in [3.63, 3.8) is 0 Å². The fourth-order valence-electron chi connectivity index (χ4n) is 2.03. The summed E-state index contributed by atoms with van der Waals surface area (Å²) >= 11 is 0. The summed E-state index contributed by atoms with van der Waals surface area (Å²) in [4.78, 5) is 11.9. The van der Waals surface area contributed by atoms with Crippen molar-refractivity contribution in [2.24, 2.45) is 4.99 Å². The molecular weight excluding hydrogens is 332 g/mol. The van der Waals surface area contributed by atoms with Crippen molar-refractivity contribution in [2.75, 3.05) is 40.3 Å². The van der Waals surface area contributed by atoms with Gasteiger partial charge in [0.05, 0.1) is 0 Å². The summed E-state index contributed by atoms with van der Waals surface area (Å²) in [5.41, 5.74) is 0.326. The summed E-state index contributed by atoms with van der Waals surface area (Å²) in [6, 6.07) is 0.670. The Hall–Kier alpha value is 0.570. The minimum Gasteiger partial charge on any atom is -0.357 e. The molecular formula is C11H23BrN4S2. The average molecular weight is 355 g/mol. The molecule has 2 heterocycles.